The molecule has 3 rings (SSSR count). The van der Waals surface area contributed by atoms with Crippen LogP contribution in [0.25, 0.3) is 11.4 Å². The van der Waals surface area contributed by atoms with E-state index >= 15 is 0 Å². The van der Waals surface area contributed by atoms with Crippen LogP contribution in [0.5, 0.6) is 0 Å². The van der Waals surface area contributed by atoms with Gasteiger partial charge in [-0.15, -0.1) is 0 Å². The maximum Gasteiger partial charge on any atom is 0.349 e. The van der Waals surface area contributed by atoms with E-state index in [9.17, 15) is 4.79 Å². The van der Waals surface area contributed by atoms with E-state index in [1.807, 2.05) is 37.3 Å². The fourth-order valence-electron chi connectivity index (χ4n) is 2.11. The predicted octanol–water partition coefficient (Wildman–Crippen LogP) is 2.40. The molecule has 3 aromatic rings. The molecule has 1 aromatic carbocycles. The molecule has 0 aliphatic carbocycles. The SMILES string of the molecule is CC(Nc1nc(-c2ccncc2)nc(=O)[nH]1)c1ccccc1. The highest BCUT2D eigenvalue weighted by Crippen LogP contribution is 2.17. The Morgan fingerprint density at radius 2 is 1.77 bits per heavy atom. The average Bonchev–Trinajstić information content (AvgIpc) is 2.56. The lowest BCUT2D eigenvalue weighted by Gasteiger charge is -2.14. The van der Waals surface area contributed by atoms with Gasteiger partial charge >= 0.3 is 5.69 Å². The molecule has 0 fully saturated rings. The van der Waals surface area contributed by atoms with Gasteiger partial charge in [-0.1, -0.05) is 30.3 Å². The number of nitrogens with zero attached hydrogens (tertiary/aromatic N) is 3. The lowest BCUT2D eigenvalue weighted by molar-refractivity contribution is 0.847. The summed E-state index contributed by atoms with van der Waals surface area (Å²) in [5.74, 6) is 0.761. The van der Waals surface area contributed by atoms with E-state index < -0.39 is 5.69 Å². The molecule has 110 valence electrons. The molecule has 2 N–H and O–H groups in total. The third-order valence-corrected chi connectivity index (χ3v) is 3.24. The number of hydrogen-bond acceptors (Lipinski definition) is 5. The van der Waals surface area contributed by atoms with Crippen molar-refractivity contribution in [2.75, 3.05) is 5.32 Å². The molecule has 0 bridgehead atoms. The predicted molar refractivity (Wildman–Crippen MR) is 84.4 cm³/mol. The Balaban J connectivity index is 1.89. The maximum atomic E-state index is 11.7. The van der Waals surface area contributed by atoms with Gasteiger partial charge < -0.3 is 5.32 Å². The molecule has 0 saturated heterocycles. The van der Waals surface area contributed by atoms with Crippen LogP contribution in [-0.2, 0) is 0 Å². The van der Waals surface area contributed by atoms with Crippen molar-refractivity contribution in [3.8, 4) is 11.4 Å². The minimum Gasteiger partial charge on any atom is -0.349 e. The normalized spacial score (nSPS) is 11.9. The van der Waals surface area contributed by atoms with Crippen molar-refractivity contribution in [2.24, 2.45) is 0 Å². The average molecular weight is 293 g/mol. The molecule has 6 nitrogen and oxygen atoms in total. The first-order chi connectivity index (χ1) is 10.7. The molecule has 0 saturated carbocycles. The molecule has 0 radical (unpaired) electrons. The summed E-state index contributed by atoms with van der Waals surface area (Å²) in [5, 5.41) is 3.19. The monoisotopic (exact) mass is 293 g/mol. The van der Waals surface area contributed by atoms with Gasteiger partial charge in [0.1, 0.15) is 0 Å². The van der Waals surface area contributed by atoms with Crippen molar-refractivity contribution in [1.29, 1.82) is 0 Å². The van der Waals surface area contributed by atoms with Crippen LogP contribution < -0.4 is 11.0 Å². The van der Waals surface area contributed by atoms with Gasteiger partial charge in [-0.25, -0.2) is 4.79 Å². The number of rotatable bonds is 4. The molecule has 6 heteroatoms. The quantitative estimate of drug-likeness (QED) is 0.771. The van der Waals surface area contributed by atoms with Crippen LogP contribution in [0.4, 0.5) is 5.95 Å². The van der Waals surface area contributed by atoms with E-state index in [0.29, 0.717) is 11.8 Å². The van der Waals surface area contributed by atoms with E-state index in [4.69, 9.17) is 0 Å². The van der Waals surface area contributed by atoms with Crippen molar-refractivity contribution in [3.05, 3.63) is 70.9 Å². The number of hydrogen-bond donors (Lipinski definition) is 2. The number of aromatic amines is 1. The first-order valence-corrected chi connectivity index (χ1v) is 6.92. The fourth-order valence-corrected chi connectivity index (χ4v) is 2.11. The lowest BCUT2D eigenvalue weighted by atomic mass is 10.1. The Morgan fingerprint density at radius 1 is 1.05 bits per heavy atom. The van der Waals surface area contributed by atoms with Crippen LogP contribution in [0.2, 0.25) is 0 Å². The summed E-state index contributed by atoms with van der Waals surface area (Å²) in [6.07, 6.45) is 3.28. The Bertz CT molecular complexity index is 802. The van der Waals surface area contributed by atoms with Crippen LogP contribution in [0.1, 0.15) is 18.5 Å². The zero-order valence-electron chi connectivity index (χ0n) is 12.0. The summed E-state index contributed by atoms with van der Waals surface area (Å²) in [5.41, 5.74) is 1.41. The molecule has 2 aromatic heterocycles. The van der Waals surface area contributed by atoms with Gasteiger partial charge in [0.05, 0.1) is 6.04 Å². The zero-order chi connectivity index (χ0) is 15.4. The number of benzene rings is 1. The van der Waals surface area contributed by atoms with E-state index in [1.54, 1.807) is 24.5 Å². The maximum absolute atomic E-state index is 11.7. The number of aromatic nitrogens is 4. The molecule has 0 aliphatic rings. The number of anilines is 1. The summed E-state index contributed by atoms with van der Waals surface area (Å²) in [6, 6.07) is 13.5. The van der Waals surface area contributed by atoms with Gasteiger partial charge in [-0.2, -0.15) is 9.97 Å². The van der Waals surface area contributed by atoms with Gasteiger partial charge in [0.2, 0.25) is 5.95 Å². The molecule has 1 atom stereocenters. The van der Waals surface area contributed by atoms with E-state index in [2.05, 4.69) is 25.3 Å². The largest absolute Gasteiger partial charge is 0.349 e. The first kappa shape index (κ1) is 13.9. The first-order valence-electron chi connectivity index (χ1n) is 6.92. The Labute approximate surface area is 127 Å². The van der Waals surface area contributed by atoms with Crippen LogP contribution >= 0.6 is 0 Å². The summed E-state index contributed by atoms with van der Waals surface area (Å²) < 4.78 is 0. The minimum absolute atomic E-state index is 0.0111. The number of pyridine rings is 1. The minimum atomic E-state index is -0.440. The van der Waals surface area contributed by atoms with Crippen molar-refractivity contribution < 1.29 is 0 Å². The Hall–Kier alpha value is -3.02. The molecule has 0 amide bonds. The van der Waals surface area contributed by atoms with Crippen LogP contribution in [0, 0.1) is 0 Å². The number of nitrogens with one attached hydrogen (secondary N) is 2. The van der Waals surface area contributed by atoms with Crippen molar-refractivity contribution in [3.63, 3.8) is 0 Å². The lowest BCUT2D eigenvalue weighted by Crippen LogP contribution is -2.18. The van der Waals surface area contributed by atoms with E-state index in [-0.39, 0.29) is 6.04 Å². The second-order valence-corrected chi connectivity index (χ2v) is 4.84. The third-order valence-electron chi connectivity index (χ3n) is 3.24. The van der Waals surface area contributed by atoms with E-state index in [0.717, 1.165) is 11.1 Å². The molecule has 22 heavy (non-hydrogen) atoms. The van der Waals surface area contributed by atoms with Crippen LogP contribution in [-0.4, -0.2) is 19.9 Å². The molecule has 1 unspecified atom stereocenters. The van der Waals surface area contributed by atoms with Crippen molar-refractivity contribution >= 4 is 5.95 Å². The second-order valence-electron chi connectivity index (χ2n) is 4.84. The van der Waals surface area contributed by atoms with Gasteiger partial charge in [0, 0.05) is 18.0 Å². The van der Waals surface area contributed by atoms with Gasteiger partial charge in [0.15, 0.2) is 5.82 Å². The smallest absolute Gasteiger partial charge is 0.349 e. The number of H-pyrrole nitrogens is 1. The standard InChI is InChI=1S/C16H15N5O/c1-11(12-5-3-2-4-6-12)18-15-19-14(20-16(22)21-15)13-7-9-17-10-8-13/h2-11H,1H3,(H2,18,19,20,21,22). The molecule has 0 spiro atoms. The van der Waals surface area contributed by atoms with Crippen LogP contribution in [0.15, 0.2) is 59.7 Å². The van der Waals surface area contributed by atoms with E-state index in [1.165, 1.54) is 0 Å². The molecular weight excluding hydrogens is 278 g/mol. The molecule has 2 heterocycles. The summed E-state index contributed by atoms with van der Waals surface area (Å²) in [4.78, 5) is 26.6. The highest BCUT2D eigenvalue weighted by atomic mass is 16.1. The fraction of sp³-hybridized carbons (Fsp3) is 0.125. The highest BCUT2D eigenvalue weighted by Gasteiger charge is 2.09. The Morgan fingerprint density at radius 3 is 2.50 bits per heavy atom. The summed E-state index contributed by atoms with van der Waals surface area (Å²) >= 11 is 0. The Kier molecular flexibility index (Phi) is 3.91. The molecular formula is C16H15N5O. The van der Waals surface area contributed by atoms with Crippen LogP contribution in [0.3, 0.4) is 0 Å². The van der Waals surface area contributed by atoms with Gasteiger partial charge in [-0.05, 0) is 24.6 Å². The highest BCUT2D eigenvalue weighted by molar-refractivity contribution is 5.54. The van der Waals surface area contributed by atoms with Crippen molar-refractivity contribution in [1.82, 2.24) is 19.9 Å². The third kappa shape index (κ3) is 3.17. The summed E-state index contributed by atoms with van der Waals surface area (Å²) in [6.45, 7) is 2.00. The zero-order valence-corrected chi connectivity index (χ0v) is 12.0. The van der Waals surface area contributed by atoms with Crippen molar-refractivity contribution in [2.45, 2.75) is 13.0 Å². The topological polar surface area (TPSA) is 83.6 Å². The second kappa shape index (κ2) is 6.17. The van der Waals surface area contributed by atoms with Gasteiger partial charge in [0.25, 0.3) is 0 Å². The molecule has 0 aliphatic heterocycles. The van der Waals surface area contributed by atoms with Gasteiger partial charge in [-0.3, -0.25) is 9.97 Å². The summed E-state index contributed by atoms with van der Waals surface area (Å²) in [7, 11) is 0.